The van der Waals surface area contributed by atoms with Crippen molar-refractivity contribution in [2.24, 2.45) is 0 Å². The summed E-state index contributed by atoms with van der Waals surface area (Å²) in [5.74, 6) is 0.954. The first kappa shape index (κ1) is 11.9. The molecule has 2 atom stereocenters. The lowest BCUT2D eigenvalue weighted by Gasteiger charge is -2.18. The van der Waals surface area contributed by atoms with E-state index in [1.54, 1.807) is 6.07 Å². The molecular weight excluding hydrogens is 223 g/mol. The lowest BCUT2D eigenvalue weighted by molar-refractivity contribution is 0.170. The Morgan fingerprint density at radius 2 is 2.38 bits per heavy atom. The smallest absolute Gasteiger partial charge is 0.123 e. The number of aliphatic hydroxyl groups is 1. The Balaban J connectivity index is 2.02. The topological polar surface area (TPSA) is 20.2 Å². The highest BCUT2D eigenvalue weighted by molar-refractivity contribution is 8.00. The fourth-order valence-corrected chi connectivity index (χ4v) is 3.44. The molecule has 1 N–H and O–H groups in total. The molecule has 2 rings (SSSR count). The van der Waals surface area contributed by atoms with Crippen LogP contribution in [0.4, 0.5) is 4.39 Å². The zero-order valence-corrected chi connectivity index (χ0v) is 10.3. The number of thioether (sulfide) groups is 1. The van der Waals surface area contributed by atoms with Gasteiger partial charge < -0.3 is 5.11 Å². The van der Waals surface area contributed by atoms with Gasteiger partial charge in [0, 0.05) is 5.25 Å². The van der Waals surface area contributed by atoms with Crippen molar-refractivity contribution in [3.05, 3.63) is 35.1 Å². The maximum Gasteiger partial charge on any atom is 0.123 e. The summed E-state index contributed by atoms with van der Waals surface area (Å²) < 4.78 is 12.9. The first-order chi connectivity index (χ1) is 7.66. The standard InChI is InChI=1S/C13H17FOS/c1-9-7-11(14)5-4-10(9)8-12(15)13-3-2-6-16-13/h4-5,7,12-13,15H,2-3,6,8H2,1H3. The van der Waals surface area contributed by atoms with Gasteiger partial charge in [0.05, 0.1) is 6.10 Å². The first-order valence-electron chi connectivity index (χ1n) is 5.71. The summed E-state index contributed by atoms with van der Waals surface area (Å²) in [5, 5.41) is 10.4. The van der Waals surface area contributed by atoms with Crippen LogP contribution in [-0.2, 0) is 6.42 Å². The Hall–Kier alpha value is -0.540. The second-order valence-electron chi connectivity index (χ2n) is 4.39. The van der Waals surface area contributed by atoms with E-state index in [-0.39, 0.29) is 11.9 Å². The Labute approximate surface area is 100 Å². The number of hydrogen-bond acceptors (Lipinski definition) is 2. The molecular formula is C13H17FOS. The molecule has 1 saturated heterocycles. The van der Waals surface area contributed by atoms with E-state index in [1.165, 1.54) is 18.6 Å². The van der Waals surface area contributed by atoms with Crippen LogP contribution >= 0.6 is 11.8 Å². The van der Waals surface area contributed by atoms with E-state index in [0.717, 1.165) is 23.3 Å². The molecule has 0 aromatic heterocycles. The molecule has 1 aromatic carbocycles. The van der Waals surface area contributed by atoms with E-state index < -0.39 is 0 Å². The predicted octanol–water partition coefficient (Wildman–Crippen LogP) is 2.93. The van der Waals surface area contributed by atoms with Crippen LogP contribution in [0, 0.1) is 12.7 Å². The number of aryl methyl sites for hydroxylation is 1. The second-order valence-corrected chi connectivity index (χ2v) is 5.74. The van der Waals surface area contributed by atoms with Gasteiger partial charge in [-0.3, -0.25) is 0 Å². The van der Waals surface area contributed by atoms with Gasteiger partial charge in [0.2, 0.25) is 0 Å². The molecule has 3 heteroatoms. The third kappa shape index (κ3) is 2.77. The van der Waals surface area contributed by atoms with E-state index in [0.29, 0.717) is 11.7 Å². The number of benzene rings is 1. The molecule has 88 valence electrons. The van der Waals surface area contributed by atoms with E-state index in [1.807, 2.05) is 18.7 Å². The van der Waals surface area contributed by atoms with Gasteiger partial charge in [0.25, 0.3) is 0 Å². The summed E-state index contributed by atoms with van der Waals surface area (Å²) in [5.41, 5.74) is 1.99. The summed E-state index contributed by atoms with van der Waals surface area (Å²) in [6.07, 6.45) is 2.65. The number of rotatable bonds is 3. The zero-order chi connectivity index (χ0) is 11.5. The SMILES string of the molecule is Cc1cc(F)ccc1CC(O)C1CCCS1. The van der Waals surface area contributed by atoms with Gasteiger partial charge in [-0.05, 0) is 55.2 Å². The fraction of sp³-hybridized carbons (Fsp3) is 0.538. The van der Waals surface area contributed by atoms with Gasteiger partial charge >= 0.3 is 0 Å². The highest BCUT2D eigenvalue weighted by atomic mass is 32.2. The quantitative estimate of drug-likeness (QED) is 0.876. The van der Waals surface area contributed by atoms with Crippen molar-refractivity contribution in [2.45, 2.75) is 37.5 Å². The van der Waals surface area contributed by atoms with Crippen molar-refractivity contribution in [3.63, 3.8) is 0 Å². The zero-order valence-electron chi connectivity index (χ0n) is 9.45. The van der Waals surface area contributed by atoms with Crippen molar-refractivity contribution >= 4 is 11.8 Å². The Morgan fingerprint density at radius 1 is 1.56 bits per heavy atom. The molecule has 1 heterocycles. The lowest BCUT2D eigenvalue weighted by atomic mass is 9.99. The molecule has 2 unspecified atom stereocenters. The maximum absolute atomic E-state index is 12.9. The third-order valence-electron chi connectivity index (χ3n) is 3.13. The molecule has 0 bridgehead atoms. The molecule has 0 radical (unpaired) electrons. The van der Waals surface area contributed by atoms with Crippen molar-refractivity contribution < 1.29 is 9.50 Å². The minimum absolute atomic E-state index is 0.203. The van der Waals surface area contributed by atoms with Crippen LogP contribution in [0.2, 0.25) is 0 Å². The molecule has 0 saturated carbocycles. The Kier molecular flexibility index (Phi) is 3.87. The van der Waals surface area contributed by atoms with Gasteiger partial charge in [-0.25, -0.2) is 4.39 Å². The normalized spacial score (nSPS) is 22.3. The number of aliphatic hydroxyl groups excluding tert-OH is 1. The van der Waals surface area contributed by atoms with Crippen LogP contribution in [0.3, 0.4) is 0 Å². The van der Waals surface area contributed by atoms with E-state index in [4.69, 9.17) is 0 Å². The number of hydrogen-bond donors (Lipinski definition) is 1. The highest BCUT2D eigenvalue weighted by Gasteiger charge is 2.24. The summed E-state index contributed by atoms with van der Waals surface area (Å²) >= 11 is 1.85. The lowest BCUT2D eigenvalue weighted by Crippen LogP contribution is -2.23. The van der Waals surface area contributed by atoms with E-state index >= 15 is 0 Å². The van der Waals surface area contributed by atoms with Gasteiger partial charge in [-0.2, -0.15) is 11.8 Å². The maximum atomic E-state index is 12.9. The highest BCUT2D eigenvalue weighted by Crippen LogP contribution is 2.30. The molecule has 0 aliphatic carbocycles. The summed E-state index contributed by atoms with van der Waals surface area (Å²) in [6, 6.07) is 4.79. The molecule has 0 amide bonds. The molecule has 1 aliphatic rings. The minimum atomic E-state index is -0.295. The van der Waals surface area contributed by atoms with Crippen LogP contribution in [-0.4, -0.2) is 22.2 Å². The van der Waals surface area contributed by atoms with Gasteiger partial charge in [0.1, 0.15) is 5.82 Å². The summed E-state index contributed by atoms with van der Waals surface area (Å²) in [4.78, 5) is 0. The van der Waals surface area contributed by atoms with Crippen molar-refractivity contribution in [3.8, 4) is 0 Å². The Bertz CT molecular complexity index is 361. The molecule has 1 aliphatic heterocycles. The monoisotopic (exact) mass is 240 g/mol. The van der Waals surface area contributed by atoms with Gasteiger partial charge in [-0.15, -0.1) is 0 Å². The molecule has 16 heavy (non-hydrogen) atoms. The third-order valence-corrected chi connectivity index (χ3v) is 4.63. The molecule has 1 fully saturated rings. The molecule has 0 spiro atoms. The van der Waals surface area contributed by atoms with Crippen LogP contribution in [0.15, 0.2) is 18.2 Å². The van der Waals surface area contributed by atoms with Crippen molar-refractivity contribution in [1.82, 2.24) is 0 Å². The van der Waals surface area contributed by atoms with Crippen LogP contribution in [0.25, 0.3) is 0 Å². The average molecular weight is 240 g/mol. The number of halogens is 1. The van der Waals surface area contributed by atoms with Crippen LogP contribution in [0.5, 0.6) is 0 Å². The van der Waals surface area contributed by atoms with Gasteiger partial charge in [-0.1, -0.05) is 6.07 Å². The minimum Gasteiger partial charge on any atom is -0.392 e. The summed E-state index contributed by atoms with van der Waals surface area (Å²) in [6.45, 7) is 1.90. The van der Waals surface area contributed by atoms with Crippen molar-refractivity contribution in [1.29, 1.82) is 0 Å². The van der Waals surface area contributed by atoms with Crippen molar-refractivity contribution in [2.75, 3.05) is 5.75 Å². The molecule has 1 nitrogen and oxygen atoms in total. The predicted molar refractivity (Wildman–Crippen MR) is 66.3 cm³/mol. The van der Waals surface area contributed by atoms with E-state index in [2.05, 4.69) is 0 Å². The largest absolute Gasteiger partial charge is 0.392 e. The average Bonchev–Trinajstić information content (AvgIpc) is 2.75. The van der Waals surface area contributed by atoms with Gasteiger partial charge in [0.15, 0.2) is 0 Å². The van der Waals surface area contributed by atoms with Crippen LogP contribution < -0.4 is 0 Å². The first-order valence-corrected chi connectivity index (χ1v) is 6.76. The Morgan fingerprint density at radius 3 is 3.00 bits per heavy atom. The van der Waals surface area contributed by atoms with Crippen LogP contribution in [0.1, 0.15) is 24.0 Å². The molecule has 1 aromatic rings. The second kappa shape index (κ2) is 5.19. The van der Waals surface area contributed by atoms with E-state index in [9.17, 15) is 9.50 Å². The fourth-order valence-electron chi connectivity index (χ4n) is 2.15. The summed E-state index contributed by atoms with van der Waals surface area (Å²) in [7, 11) is 0.